The standard InChI is InChI=1S/C22H18FN3OS/c1-15(16-5-3-2-4-6-16)25-21(27)14-28-22-18(13-24)9-12-20(26-22)17-7-10-19(23)11-8-17/h2-12,15H,14H2,1H3,(H,25,27)/t15-/m0/s1. The zero-order valence-corrected chi connectivity index (χ0v) is 16.0. The lowest BCUT2D eigenvalue weighted by atomic mass is 10.1. The normalized spacial score (nSPS) is 11.5. The quantitative estimate of drug-likeness (QED) is 0.617. The molecule has 0 aliphatic rings. The predicted octanol–water partition coefficient (Wildman–Crippen LogP) is 4.73. The Bertz CT molecular complexity index is 1000. The van der Waals surface area contributed by atoms with Crippen molar-refractivity contribution in [3.8, 4) is 17.3 Å². The number of halogens is 1. The molecule has 1 heterocycles. The van der Waals surface area contributed by atoms with Gasteiger partial charge in [0.1, 0.15) is 16.9 Å². The summed E-state index contributed by atoms with van der Waals surface area (Å²) in [5.74, 6) is -0.318. The third kappa shape index (κ3) is 4.96. The largest absolute Gasteiger partial charge is 0.349 e. The van der Waals surface area contributed by atoms with E-state index in [1.807, 2.05) is 37.3 Å². The van der Waals surface area contributed by atoms with Gasteiger partial charge in [0.05, 0.1) is 23.1 Å². The minimum absolute atomic E-state index is 0.108. The first-order valence-electron chi connectivity index (χ1n) is 8.71. The Kier molecular flexibility index (Phi) is 6.41. The molecule has 1 atom stereocenters. The highest BCUT2D eigenvalue weighted by Crippen LogP contribution is 2.25. The zero-order chi connectivity index (χ0) is 19.9. The van der Waals surface area contributed by atoms with Crippen LogP contribution in [0.4, 0.5) is 4.39 Å². The monoisotopic (exact) mass is 391 g/mol. The third-order valence-corrected chi connectivity index (χ3v) is 5.13. The van der Waals surface area contributed by atoms with Gasteiger partial charge in [0.2, 0.25) is 5.91 Å². The average Bonchev–Trinajstić information content (AvgIpc) is 2.73. The van der Waals surface area contributed by atoms with Gasteiger partial charge in [-0.2, -0.15) is 5.26 Å². The molecule has 140 valence electrons. The molecule has 3 rings (SSSR count). The number of nitrogens with zero attached hydrogens (tertiary/aromatic N) is 2. The first kappa shape index (κ1) is 19.6. The van der Waals surface area contributed by atoms with Crippen LogP contribution in [0.1, 0.15) is 24.1 Å². The number of carbonyl (C=O) groups is 1. The fraction of sp³-hybridized carbons (Fsp3) is 0.136. The van der Waals surface area contributed by atoms with Crippen molar-refractivity contribution >= 4 is 17.7 Å². The number of rotatable bonds is 6. The van der Waals surface area contributed by atoms with E-state index in [9.17, 15) is 14.4 Å². The van der Waals surface area contributed by atoms with Crippen molar-refractivity contribution in [2.45, 2.75) is 18.0 Å². The summed E-state index contributed by atoms with van der Waals surface area (Å²) in [4.78, 5) is 16.8. The molecule has 0 aliphatic heterocycles. The average molecular weight is 391 g/mol. The lowest BCUT2D eigenvalue weighted by molar-refractivity contribution is -0.119. The van der Waals surface area contributed by atoms with E-state index in [-0.39, 0.29) is 23.5 Å². The number of benzene rings is 2. The summed E-state index contributed by atoms with van der Waals surface area (Å²) >= 11 is 1.21. The van der Waals surface area contributed by atoms with E-state index in [2.05, 4.69) is 16.4 Å². The number of hydrogen-bond acceptors (Lipinski definition) is 4. The van der Waals surface area contributed by atoms with Crippen molar-refractivity contribution in [2.24, 2.45) is 0 Å². The van der Waals surface area contributed by atoms with Crippen LogP contribution in [0.3, 0.4) is 0 Å². The number of hydrogen-bond donors (Lipinski definition) is 1. The lowest BCUT2D eigenvalue weighted by Gasteiger charge is -2.14. The van der Waals surface area contributed by atoms with Crippen LogP contribution < -0.4 is 5.32 Å². The number of amides is 1. The summed E-state index contributed by atoms with van der Waals surface area (Å²) < 4.78 is 13.1. The summed E-state index contributed by atoms with van der Waals surface area (Å²) in [7, 11) is 0. The summed E-state index contributed by atoms with van der Waals surface area (Å²) in [6.07, 6.45) is 0. The molecular formula is C22H18FN3OS. The fourth-order valence-corrected chi connectivity index (χ4v) is 3.44. The van der Waals surface area contributed by atoms with Crippen molar-refractivity contribution in [2.75, 3.05) is 5.75 Å². The van der Waals surface area contributed by atoms with Crippen molar-refractivity contribution in [3.05, 3.63) is 83.7 Å². The summed E-state index contributed by atoms with van der Waals surface area (Å²) in [6, 6.07) is 21.1. The molecule has 0 spiro atoms. The molecule has 0 saturated heterocycles. The molecule has 1 amide bonds. The minimum Gasteiger partial charge on any atom is -0.349 e. The summed E-state index contributed by atoms with van der Waals surface area (Å²) in [5, 5.41) is 12.7. The van der Waals surface area contributed by atoms with Gasteiger partial charge in [-0.15, -0.1) is 0 Å². The second-order valence-electron chi connectivity index (χ2n) is 6.16. The molecule has 6 heteroatoms. The van der Waals surface area contributed by atoms with Crippen LogP contribution in [0.2, 0.25) is 0 Å². The van der Waals surface area contributed by atoms with E-state index in [4.69, 9.17) is 0 Å². The predicted molar refractivity (Wildman–Crippen MR) is 108 cm³/mol. The van der Waals surface area contributed by atoms with Crippen LogP contribution in [-0.4, -0.2) is 16.6 Å². The Labute approximate surface area is 167 Å². The molecule has 1 N–H and O–H groups in total. The van der Waals surface area contributed by atoms with Gasteiger partial charge in [0, 0.05) is 5.56 Å². The number of carbonyl (C=O) groups excluding carboxylic acids is 1. The lowest BCUT2D eigenvalue weighted by Crippen LogP contribution is -2.28. The van der Waals surface area contributed by atoms with Crippen molar-refractivity contribution in [1.82, 2.24) is 10.3 Å². The maximum atomic E-state index is 13.1. The van der Waals surface area contributed by atoms with Crippen LogP contribution in [-0.2, 0) is 4.79 Å². The summed E-state index contributed by atoms with van der Waals surface area (Å²) in [6.45, 7) is 1.92. The van der Waals surface area contributed by atoms with Crippen molar-refractivity contribution in [3.63, 3.8) is 0 Å². The highest BCUT2D eigenvalue weighted by atomic mass is 32.2. The number of nitriles is 1. The second kappa shape index (κ2) is 9.16. The smallest absolute Gasteiger partial charge is 0.230 e. The van der Waals surface area contributed by atoms with Crippen LogP contribution in [0.25, 0.3) is 11.3 Å². The third-order valence-electron chi connectivity index (χ3n) is 4.14. The molecule has 0 radical (unpaired) electrons. The fourth-order valence-electron chi connectivity index (χ4n) is 2.66. The van der Waals surface area contributed by atoms with E-state index < -0.39 is 0 Å². The van der Waals surface area contributed by atoms with Gasteiger partial charge in [0.15, 0.2) is 0 Å². The Balaban J connectivity index is 1.69. The van der Waals surface area contributed by atoms with Gasteiger partial charge in [-0.1, -0.05) is 42.1 Å². The molecule has 0 bridgehead atoms. The molecule has 4 nitrogen and oxygen atoms in total. The Morgan fingerprint density at radius 2 is 1.86 bits per heavy atom. The van der Waals surface area contributed by atoms with E-state index in [1.54, 1.807) is 24.3 Å². The summed E-state index contributed by atoms with van der Waals surface area (Å²) in [5.41, 5.74) is 2.80. The van der Waals surface area contributed by atoms with Crippen LogP contribution >= 0.6 is 11.8 Å². The molecule has 0 unspecified atom stereocenters. The molecular weight excluding hydrogens is 373 g/mol. The van der Waals surface area contributed by atoms with Gasteiger partial charge in [-0.05, 0) is 48.9 Å². The number of pyridine rings is 1. The number of nitrogens with one attached hydrogen (secondary N) is 1. The van der Waals surface area contributed by atoms with Gasteiger partial charge in [-0.25, -0.2) is 9.37 Å². The highest BCUT2D eigenvalue weighted by molar-refractivity contribution is 8.00. The van der Waals surface area contributed by atoms with Crippen molar-refractivity contribution in [1.29, 1.82) is 5.26 Å². The van der Waals surface area contributed by atoms with E-state index in [1.165, 1.54) is 23.9 Å². The van der Waals surface area contributed by atoms with E-state index in [0.29, 0.717) is 16.3 Å². The molecule has 0 aliphatic carbocycles. The first-order valence-corrected chi connectivity index (χ1v) is 9.69. The molecule has 28 heavy (non-hydrogen) atoms. The highest BCUT2D eigenvalue weighted by Gasteiger charge is 2.13. The maximum absolute atomic E-state index is 13.1. The molecule has 3 aromatic rings. The SMILES string of the molecule is C[C@H](NC(=O)CSc1nc(-c2ccc(F)cc2)ccc1C#N)c1ccccc1. The molecule has 1 aromatic heterocycles. The maximum Gasteiger partial charge on any atom is 0.230 e. The van der Waals surface area contributed by atoms with Gasteiger partial charge < -0.3 is 5.32 Å². The first-order chi connectivity index (χ1) is 13.6. The number of thioether (sulfide) groups is 1. The number of aromatic nitrogens is 1. The van der Waals surface area contributed by atoms with Crippen LogP contribution in [0, 0.1) is 17.1 Å². The Morgan fingerprint density at radius 3 is 2.54 bits per heavy atom. The zero-order valence-electron chi connectivity index (χ0n) is 15.2. The van der Waals surface area contributed by atoms with Gasteiger partial charge >= 0.3 is 0 Å². The van der Waals surface area contributed by atoms with Crippen molar-refractivity contribution < 1.29 is 9.18 Å². The van der Waals surface area contributed by atoms with Gasteiger partial charge in [-0.3, -0.25) is 4.79 Å². The van der Waals surface area contributed by atoms with E-state index in [0.717, 1.165) is 11.1 Å². The Morgan fingerprint density at radius 1 is 1.14 bits per heavy atom. The molecule has 0 fully saturated rings. The van der Waals surface area contributed by atoms with E-state index >= 15 is 0 Å². The molecule has 0 saturated carbocycles. The Hall–Kier alpha value is -3.17. The van der Waals surface area contributed by atoms with Crippen LogP contribution in [0.15, 0.2) is 71.8 Å². The second-order valence-corrected chi connectivity index (χ2v) is 7.12. The molecule has 2 aromatic carbocycles. The minimum atomic E-state index is -0.323. The topological polar surface area (TPSA) is 65.8 Å². The van der Waals surface area contributed by atoms with Gasteiger partial charge in [0.25, 0.3) is 0 Å². The van der Waals surface area contributed by atoms with Crippen LogP contribution in [0.5, 0.6) is 0 Å².